The lowest BCUT2D eigenvalue weighted by atomic mass is 10.2. The van der Waals surface area contributed by atoms with Crippen LogP contribution in [0.25, 0.3) is 0 Å². The summed E-state index contributed by atoms with van der Waals surface area (Å²) in [5.41, 5.74) is 0.0158. The van der Waals surface area contributed by atoms with E-state index in [1.807, 2.05) is 0 Å². The second kappa shape index (κ2) is 6.29. The molecule has 20 heavy (non-hydrogen) atoms. The van der Waals surface area contributed by atoms with E-state index < -0.39 is 4.92 Å². The molecule has 0 saturated carbocycles. The lowest BCUT2D eigenvalue weighted by molar-refractivity contribution is -0.385. The highest BCUT2D eigenvalue weighted by Crippen LogP contribution is 2.21. The average molecular weight is 280 g/mol. The van der Waals surface area contributed by atoms with Gasteiger partial charge in [-0.15, -0.1) is 0 Å². The van der Waals surface area contributed by atoms with Crippen molar-refractivity contribution in [3.63, 3.8) is 0 Å². The molecule has 0 radical (unpaired) electrons. The molecule has 0 aromatic carbocycles. The summed E-state index contributed by atoms with van der Waals surface area (Å²) >= 11 is 0. The minimum atomic E-state index is -0.561. The highest BCUT2D eigenvalue weighted by Gasteiger charge is 2.23. The summed E-state index contributed by atoms with van der Waals surface area (Å²) in [6.07, 6.45) is 1.89. The van der Waals surface area contributed by atoms with Gasteiger partial charge in [-0.2, -0.15) is 0 Å². The fourth-order valence-corrected chi connectivity index (χ4v) is 2.04. The summed E-state index contributed by atoms with van der Waals surface area (Å²) in [6.45, 7) is 2.15. The topological polar surface area (TPSA) is 97.6 Å². The Bertz CT molecular complexity index is 512. The maximum Gasteiger partial charge on any atom is 0.288 e. The van der Waals surface area contributed by atoms with Crippen molar-refractivity contribution < 1.29 is 14.5 Å². The zero-order valence-corrected chi connectivity index (χ0v) is 11.2. The Balaban J connectivity index is 2.31. The molecule has 1 fully saturated rings. The number of nitro groups is 1. The van der Waals surface area contributed by atoms with Crippen molar-refractivity contribution >= 4 is 17.4 Å². The Hall–Kier alpha value is -2.22. The van der Waals surface area contributed by atoms with Gasteiger partial charge in [0.1, 0.15) is 12.0 Å². The number of ether oxygens (including phenoxy) is 1. The van der Waals surface area contributed by atoms with Gasteiger partial charge in [0.15, 0.2) is 0 Å². The van der Waals surface area contributed by atoms with E-state index in [0.717, 1.165) is 12.6 Å². The molecule has 2 rings (SSSR count). The van der Waals surface area contributed by atoms with E-state index in [0.29, 0.717) is 32.1 Å². The van der Waals surface area contributed by atoms with Crippen LogP contribution in [0.15, 0.2) is 12.3 Å². The predicted octanol–water partition coefficient (Wildman–Crippen LogP) is 0.894. The molecule has 1 aromatic heterocycles. The van der Waals surface area contributed by atoms with Crippen LogP contribution in [0.5, 0.6) is 0 Å². The predicted molar refractivity (Wildman–Crippen MR) is 71.8 cm³/mol. The molecular weight excluding hydrogens is 264 g/mol. The largest absolute Gasteiger partial charge is 0.380 e. The zero-order valence-electron chi connectivity index (χ0n) is 11.2. The monoisotopic (exact) mass is 280 g/mol. The van der Waals surface area contributed by atoms with Crippen molar-refractivity contribution in [1.29, 1.82) is 0 Å². The summed E-state index contributed by atoms with van der Waals surface area (Å²) in [7, 11) is 1.62. The first-order chi connectivity index (χ1) is 9.63. The first kappa shape index (κ1) is 14.2. The smallest absolute Gasteiger partial charge is 0.288 e. The van der Waals surface area contributed by atoms with E-state index in [1.54, 1.807) is 11.9 Å². The minimum absolute atomic E-state index is 0.196. The van der Waals surface area contributed by atoms with Gasteiger partial charge in [0.2, 0.25) is 0 Å². The lowest BCUT2D eigenvalue weighted by Gasteiger charge is -2.20. The third-order valence-corrected chi connectivity index (χ3v) is 3.06. The molecule has 1 aliphatic heterocycles. The van der Waals surface area contributed by atoms with Crippen LogP contribution in [-0.4, -0.2) is 54.1 Å². The van der Waals surface area contributed by atoms with Gasteiger partial charge < -0.3 is 15.0 Å². The quantitative estimate of drug-likeness (QED) is 0.652. The molecule has 1 aromatic rings. The molecule has 0 aliphatic carbocycles. The summed E-state index contributed by atoms with van der Waals surface area (Å²) in [5.74, 6) is 0.0711. The molecule has 2 heterocycles. The second-order valence-electron chi connectivity index (χ2n) is 4.35. The van der Waals surface area contributed by atoms with Crippen LogP contribution < -0.4 is 5.32 Å². The SMILES string of the molecule is CNc1ncc([N+](=O)[O-])cc1C(=O)N1CCCOCC1. The number of anilines is 1. The van der Waals surface area contributed by atoms with Gasteiger partial charge in [-0.1, -0.05) is 0 Å². The molecule has 1 saturated heterocycles. The maximum absolute atomic E-state index is 12.5. The molecule has 0 bridgehead atoms. The number of rotatable bonds is 3. The van der Waals surface area contributed by atoms with Crippen molar-refractivity contribution in [3.05, 3.63) is 27.9 Å². The number of aromatic nitrogens is 1. The van der Waals surface area contributed by atoms with E-state index in [2.05, 4.69) is 10.3 Å². The van der Waals surface area contributed by atoms with E-state index in [1.165, 1.54) is 6.07 Å². The maximum atomic E-state index is 12.5. The molecular formula is C12H16N4O4. The van der Waals surface area contributed by atoms with Crippen molar-refractivity contribution in [1.82, 2.24) is 9.88 Å². The van der Waals surface area contributed by atoms with Crippen LogP contribution >= 0.6 is 0 Å². The Kier molecular flexibility index (Phi) is 4.46. The van der Waals surface area contributed by atoms with E-state index in [-0.39, 0.29) is 17.2 Å². The Morgan fingerprint density at radius 2 is 2.30 bits per heavy atom. The third kappa shape index (κ3) is 3.02. The number of carbonyl (C=O) groups excluding carboxylic acids is 1. The Morgan fingerprint density at radius 3 is 3.00 bits per heavy atom. The Morgan fingerprint density at radius 1 is 1.50 bits per heavy atom. The van der Waals surface area contributed by atoms with Gasteiger partial charge in [0.05, 0.1) is 17.1 Å². The summed E-state index contributed by atoms with van der Waals surface area (Å²) in [4.78, 5) is 28.3. The highest BCUT2D eigenvalue weighted by molar-refractivity contribution is 5.99. The fourth-order valence-electron chi connectivity index (χ4n) is 2.04. The molecule has 1 aliphatic rings. The van der Waals surface area contributed by atoms with Crippen LogP contribution in [0.2, 0.25) is 0 Å². The average Bonchev–Trinajstić information content (AvgIpc) is 2.74. The number of nitrogens with zero attached hydrogens (tertiary/aromatic N) is 3. The first-order valence-electron chi connectivity index (χ1n) is 6.32. The summed E-state index contributed by atoms with van der Waals surface area (Å²) in [5, 5.41) is 13.6. The van der Waals surface area contributed by atoms with Gasteiger partial charge in [-0.05, 0) is 6.42 Å². The lowest BCUT2D eigenvalue weighted by Crippen LogP contribution is -2.33. The molecule has 0 unspecified atom stereocenters. The Labute approximate surface area is 115 Å². The number of pyridine rings is 1. The van der Waals surface area contributed by atoms with E-state index >= 15 is 0 Å². The number of hydrogen-bond acceptors (Lipinski definition) is 6. The minimum Gasteiger partial charge on any atom is -0.380 e. The molecule has 8 nitrogen and oxygen atoms in total. The van der Waals surface area contributed by atoms with Gasteiger partial charge >= 0.3 is 0 Å². The van der Waals surface area contributed by atoms with Crippen LogP contribution in [0.1, 0.15) is 16.8 Å². The summed E-state index contributed by atoms with van der Waals surface area (Å²) < 4.78 is 5.30. The molecule has 1 amide bonds. The van der Waals surface area contributed by atoms with Gasteiger partial charge in [0, 0.05) is 32.8 Å². The van der Waals surface area contributed by atoms with Crippen LogP contribution in [-0.2, 0) is 4.74 Å². The molecule has 108 valence electrons. The number of carbonyl (C=O) groups is 1. The molecule has 0 atom stereocenters. The van der Waals surface area contributed by atoms with Crippen LogP contribution in [0.3, 0.4) is 0 Å². The molecule has 0 spiro atoms. The van der Waals surface area contributed by atoms with Crippen molar-refractivity contribution in [3.8, 4) is 0 Å². The standard InChI is InChI=1S/C12H16N4O4/c1-13-11-10(7-9(8-14-11)16(18)19)12(17)15-3-2-5-20-6-4-15/h7-8H,2-6H2,1H3,(H,13,14). The molecule has 1 N–H and O–H groups in total. The highest BCUT2D eigenvalue weighted by atomic mass is 16.6. The van der Waals surface area contributed by atoms with Crippen LogP contribution in [0, 0.1) is 10.1 Å². The van der Waals surface area contributed by atoms with E-state index in [9.17, 15) is 14.9 Å². The molecule has 8 heteroatoms. The van der Waals surface area contributed by atoms with E-state index in [4.69, 9.17) is 4.74 Å². The normalized spacial score (nSPS) is 15.6. The second-order valence-corrected chi connectivity index (χ2v) is 4.35. The van der Waals surface area contributed by atoms with Crippen LogP contribution in [0.4, 0.5) is 11.5 Å². The van der Waals surface area contributed by atoms with Gasteiger partial charge in [-0.25, -0.2) is 4.98 Å². The van der Waals surface area contributed by atoms with Gasteiger partial charge in [-0.3, -0.25) is 14.9 Å². The first-order valence-corrected chi connectivity index (χ1v) is 6.32. The summed E-state index contributed by atoms with van der Waals surface area (Å²) in [6, 6.07) is 1.26. The number of amides is 1. The number of nitrogens with one attached hydrogen (secondary N) is 1. The zero-order chi connectivity index (χ0) is 14.5. The van der Waals surface area contributed by atoms with Gasteiger partial charge in [0.25, 0.3) is 11.6 Å². The number of hydrogen-bond donors (Lipinski definition) is 1. The van der Waals surface area contributed by atoms with Crippen molar-refractivity contribution in [2.75, 3.05) is 38.7 Å². The third-order valence-electron chi connectivity index (χ3n) is 3.06. The fraction of sp³-hybridized carbons (Fsp3) is 0.500. The van der Waals surface area contributed by atoms with Crippen molar-refractivity contribution in [2.24, 2.45) is 0 Å². The van der Waals surface area contributed by atoms with Crippen molar-refractivity contribution in [2.45, 2.75) is 6.42 Å².